The molecule has 3 rings (SSSR count). The lowest BCUT2D eigenvalue weighted by molar-refractivity contribution is -0.384. The van der Waals surface area contributed by atoms with E-state index in [4.69, 9.17) is 0 Å². The van der Waals surface area contributed by atoms with Gasteiger partial charge in [0.15, 0.2) is 0 Å². The molecule has 2 heterocycles. The maximum absolute atomic E-state index is 12.4. The van der Waals surface area contributed by atoms with Crippen LogP contribution in [0.15, 0.2) is 24.3 Å². The van der Waals surface area contributed by atoms with Crippen molar-refractivity contribution in [3.63, 3.8) is 0 Å². The van der Waals surface area contributed by atoms with Crippen molar-refractivity contribution in [2.75, 3.05) is 5.32 Å². The van der Waals surface area contributed by atoms with E-state index in [0.717, 1.165) is 35.4 Å². The monoisotopic (exact) mass is 376 g/mol. The Labute approximate surface area is 151 Å². The van der Waals surface area contributed by atoms with Crippen LogP contribution in [0.5, 0.6) is 0 Å². The Balaban J connectivity index is 1.70. The number of unbranched alkanes of at least 4 members (excludes halogenated alkanes) is 2. The predicted molar refractivity (Wildman–Crippen MR) is 99.6 cm³/mol. The van der Waals surface area contributed by atoms with E-state index in [1.807, 2.05) is 0 Å². The van der Waals surface area contributed by atoms with E-state index in [1.165, 1.54) is 34.8 Å². The molecule has 0 radical (unpaired) electrons. The largest absolute Gasteiger partial charge is 0.296 e. The molecule has 0 bridgehead atoms. The van der Waals surface area contributed by atoms with Gasteiger partial charge in [0.2, 0.25) is 5.13 Å². The van der Waals surface area contributed by atoms with Crippen molar-refractivity contribution in [3.05, 3.63) is 44.3 Å². The molecule has 1 amide bonds. The van der Waals surface area contributed by atoms with Gasteiger partial charge >= 0.3 is 0 Å². The fourth-order valence-corrected chi connectivity index (χ4v) is 4.06. The minimum atomic E-state index is -0.446. The molecule has 0 saturated heterocycles. The second kappa shape index (κ2) is 7.66. The number of carbonyl (C=O) groups is 1. The minimum absolute atomic E-state index is 0.0121. The average Bonchev–Trinajstić information content (AvgIpc) is 3.20. The first-order chi connectivity index (χ1) is 12.1. The minimum Gasteiger partial charge on any atom is -0.296 e. The van der Waals surface area contributed by atoms with Crippen molar-refractivity contribution >= 4 is 49.5 Å². The second-order valence-electron chi connectivity index (χ2n) is 5.50. The number of nitro benzene ring substituents is 1. The van der Waals surface area contributed by atoms with Gasteiger partial charge in [-0.3, -0.25) is 20.2 Å². The number of nitro groups is 1. The predicted octanol–water partition coefficient (Wildman–Crippen LogP) is 4.65. The van der Waals surface area contributed by atoms with Gasteiger partial charge in [-0.2, -0.15) is 0 Å². The number of carbonyl (C=O) groups excluding carboxylic acids is 1. The smallest absolute Gasteiger partial charge is 0.270 e. The second-order valence-corrected chi connectivity index (χ2v) is 7.65. The first-order valence-electron chi connectivity index (χ1n) is 7.88. The van der Waals surface area contributed by atoms with Gasteiger partial charge in [0.25, 0.3) is 11.6 Å². The van der Waals surface area contributed by atoms with Crippen LogP contribution in [0, 0.1) is 10.1 Å². The molecule has 0 spiro atoms. The fraction of sp³-hybridized carbons (Fsp3) is 0.312. The number of fused-ring (bicyclic) bond motifs is 1. The highest BCUT2D eigenvalue weighted by Gasteiger charge is 2.15. The van der Waals surface area contributed by atoms with E-state index in [-0.39, 0.29) is 11.6 Å². The zero-order valence-electron chi connectivity index (χ0n) is 13.5. The molecular weight excluding hydrogens is 360 g/mol. The summed E-state index contributed by atoms with van der Waals surface area (Å²) >= 11 is 2.67. The summed E-state index contributed by atoms with van der Waals surface area (Å²) in [5.74, 6) is -0.278. The summed E-state index contributed by atoms with van der Waals surface area (Å²) in [6, 6.07) is 6.23. The van der Waals surface area contributed by atoms with Crippen LogP contribution in [-0.4, -0.2) is 21.0 Å². The summed E-state index contributed by atoms with van der Waals surface area (Å²) < 4.78 is 0.827. The third-order valence-electron chi connectivity index (χ3n) is 3.62. The Hall–Kier alpha value is -2.39. The summed E-state index contributed by atoms with van der Waals surface area (Å²) in [5.41, 5.74) is 0.0121. The molecule has 0 aliphatic heterocycles. The van der Waals surface area contributed by atoms with E-state index in [2.05, 4.69) is 22.4 Å². The standard InChI is InChI=1S/C16H16N4O3S2/c1-2-3-4-5-14-18-19-16(25-14)17-15(21)13-9-10-8-11(20(22)23)6-7-12(10)24-13/h6-9H,2-5H2,1H3,(H,17,19,21). The highest BCUT2D eigenvalue weighted by molar-refractivity contribution is 7.21. The van der Waals surface area contributed by atoms with Gasteiger partial charge in [0.1, 0.15) is 5.01 Å². The Morgan fingerprint density at radius 3 is 2.84 bits per heavy atom. The third kappa shape index (κ3) is 4.18. The lowest BCUT2D eigenvalue weighted by Gasteiger charge is -1.96. The zero-order valence-corrected chi connectivity index (χ0v) is 15.2. The van der Waals surface area contributed by atoms with Crippen LogP contribution in [0.2, 0.25) is 0 Å². The maximum atomic E-state index is 12.4. The van der Waals surface area contributed by atoms with Crippen molar-refractivity contribution in [2.24, 2.45) is 0 Å². The highest BCUT2D eigenvalue weighted by Crippen LogP contribution is 2.29. The molecule has 2 aromatic heterocycles. The first kappa shape index (κ1) is 17.4. The number of aryl methyl sites for hydroxylation is 1. The van der Waals surface area contributed by atoms with E-state index >= 15 is 0 Å². The Bertz CT molecular complexity index is 919. The van der Waals surface area contributed by atoms with Gasteiger partial charge in [-0.1, -0.05) is 31.1 Å². The molecule has 0 aliphatic carbocycles. The van der Waals surface area contributed by atoms with Gasteiger partial charge in [0, 0.05) is 28.6 Å². The molecule has 0 saturated carbocycles. The van der Waals surface area contributed by atoms with Crippen molar-refractivity contribution in [1.82, 2.24) is 10.2 Å². The number of anilines is 1. The van der Waals surface area contributed by atoms with Gasteiger partial charge in [-0.25, -0.2) is 0 Å². The number of aromatic nitrogens is 2. The molecule has 3 aromatic rings. The van der Waals surface area contributed by atoms with Crippen molar-refractivity contribution in [1.29, 1.82) is 0 Å². The van der Waals surface area contributed by atoms with Crippen LogP contribution in [-0.2, 0) is 6.42 Å². The van der Waals surface area contributed by atoms with Crippen molar-refractivity contribution < 1.29 is 9.72 Å². The van der Waals surface area contributed by atoms with E-state index in [1.54, 1.807) is 12.1 Å². The molecule has 1 aromatic carbocycles. The number of hydrogen-bond donors (Lipinski definition) is 1. The molecule has 0 fully saturated rings. The molecule has 130 valence electrons. The van der Waals surface area contributed by atoms with E-state index in [0.29, 0.717) is 15.4 Å². The number of nitrogens with zero attached hydrogens (tertiary/aromatic N) is 3. The molecule has 0 atom stereocenters. The van der Waals surface area contributed by atoms with Crippen molar-refractivity contribution in [3.8, 4) is 0 Å². The van der Waals surface area contributed by atoms with E-state index in [9.17, 15) is 14.9 Å². The molecule has 7 nitrogen and oxygen atoms in total. The summed E-state index contributed by atoms with van der Waals surface area (Å²) in [5, 5.41) is 23.8. The molecule has 1 N–H and O–H groups in total. The summed E-state index contributed by atoms with van der Waals surface area (Å²) in [4.78, 5) is 23.3. The van der Waals surface area contributed by atoms with Crippen LogP contribution in [0.25, 0.3) is 10.1 Å². The van der Waals surface area contributed by atoms with Gasteiger partial charge in [-0.15, -0.1) is 21.5 Å². The number of rotatable bonds is 7. The first-order valence-corrected chi connectivity index (χ1v) is 9.52. The quantitative estimate of drug-likeness (QED) is 0.368. The molecule has 9 heteroatoms. The van der Waals surface area contributed by atoms with E-state index < -0.39 is 4.92 Å². The van der Waals surface area contributed by atoms with Crippen LogP contribution in [0.4, 0.5) is 10.8 Å². The zero-order chi connectivity index (χ0) is 17.8. The summed E-state index contributed by atoms with van der Waals surface area (Å²) in [6.45, 7) is 2.14. The molecule has 0 aliphatic rings. The Morgan fingerprint density at radius 2 is 2.08 bits per heavy atom. The number of thiophene rings is 1. The highest BCUT2D eigenvalue weighted by atomic mass is 32.1. The normalized spacial score (nSPS) is 10.9. The average molecular weight is 376 g/mol. The fourth-order valence-electron chi connectivity index (χ4n) is 2.35. The molecule has 0 unspecified atom stereocenters. The SMILES string of the molecule is CCCCCc1nnc(NC(=O)c2cc3cc([N+](=O)[O-])ccc3s2)s1. The lowest BCUT2D eigenvalue weighted by atomic mass is 10.2. The summed E-state index contributed by atoms with van der Waals surface area (Å²) in [6.07, 6.45) is 4.23. The third-order valence-corrected chi connectivity index (χ3v) is 5.63. The van der Waals surface area contributed by atoms with Crippen LogP contribution in [0.3, 0.4) is 0 Å². The Kier molecular flexibility index (Phi) is 5.34. The number of amides is 1. The van der Waals surface area contributed by atoms with Crippen molar-refractivity contribution in [2.45, 2.75) is 32.6 Å². The molecular formula is C16H16N4O3S2. The lowest BCUT2D eigenvalue weighted by Crippen LogP contribution is -2.09. The van der Waals surface area contributed by atoms with Gasteiger partial charge in [0.05, 0.1) is 9.80 Å². The maximum Gasteiger partial charge on any atom is 0.270 e. The number of benzene rings is 1. The Morgan fingerprint density at radius 1 is 1.24 bits per heavy atom. The topological polar surface area (TPSA) is 98.0 Å². The van der Waals surface area contributed by atoms with Gasteiger partial charge in [-0.05, 0) is 18.6 Å². The van der Waals surface area contributed by atoms with Crippen LogP contribution < -0.4 is 5.32 Å². The van der Waals surface area contributed by atoms with Crippen LogP contribution in [0.1, 0.15) is 40.9 Å². The number of non-ortho nitro benzene ring substituents is 1. The van der Waals surface area contributed by atoms with Crippen LogP contribution >= 0.6 is 22.7 Å². The summed E-state index contributed by atoms with van der Waals surface area (Å²) in [7, 11) is 0. The number of nitrogens with one attached hydrogen (secondary N) is 1. The number of hydrogen-bond acceptors (Lipinski definition) is 7. The molecule has 25 heavy (non-hydrogen) atoms. The van der Waals surface area contributed by atoms with Gasteiger partial charge < -0.3 is 0 Å².